The van der Waals surface area contributed by atoms with Crippen LogP contribution in [0, 0.1) is 5.41 Å². The molecular weight excluding hydrogens is 533 g/mol. The molecule has 0 radical (unpaired) electrons. The zero-order chi connectivity index (χ0) is 25.5. The third kappa shape index (κ3) is 4.57. The summed E-state index contributed by atoms with van der Waals surface area (Å²) in [6.45, 7) is -0.300. The van der Waals surface area contributed by atoms with Crippen molar-refractivity contribution in [2.24, 2.45) is 10.6 Å². The summed E-state index contributed by atoms with van der Waals surface area (Å²) in [5.74, 6) is -2.84. The number of nitrogen functional groups attached to an aromatic ring is 1. The Morgan fingerprint density at radius 3 is 2.71 bits per heavy atom. The molecule has 0 bridgehead atoms. The van der Waals surface area contributed by atoms with Gasteiger partial charge in [0.25, 0.3) is 5.91 Å². The Morgan fingerprint density at radius 1 is 1.37 bits per heavy atom. The van der Waals surface area contributed by atoms with Crippen molar-refractivity contribution in [3.8, 4) is 0 Å². The third-order valence-electron chi connectivity index (χ3n) is 5.31. The summed E-state index contributed by atoms with van der Waals surface area (Å²) in [6, 6.07) is -1.02. The zero-order valence-electron chi connectivity index (χ0n) is 17.2. The smallest absolute Gasteiger partial charge is 0.434 e. The molecule has 0 aromatic carbocycles. The first-order valence-electron chi connectivity index (χ1n) is 9.56. The minimum Gasteiger partial charge on any atom is -0.481 e. The first-order chi connectivity index (χ1) is 16.5. The fourth-order valence-electron chi connectivity index (χ4n) is 3.54. The lowest BCUT2D eigenvalue weighted by molar-refractivity contribution is -0.156. The van der Waals surface area contributed by atoms with Gasteiger partial charge in [-0.3, -0.25) is 14.4 Å². The van der Waals surface area contributed by atoms with Gasteiger partial charge >= 0.3 is 12.1 Å². The number of aromatic nitrogens is 2. The molecule has 2 aromatic heterocycles. The lowest BCUT2D eigenvalue weighted by Gasteiger charge is -2.53. The SMILES string of the molecule is Nc1nc(C(=NO)C(=O)NC2C(=O)N3CC(C=Cc4scnc4C(F)(F)F)(C(=O)O)CS[C@H]23)cs1. The summed E-state index contributed by atoms with van der Waals surface area (Å²) >= 11 is 2.79. The second kappa shape index (κ2) is 9.12. The van der Waals surface area contributed by atoms with Gasteiger partial charge in [-0.2, -0.15) is 13.2 Å². The molecule has 2 saturated heterocycles. The highest BCUT2D eigenvalue weighted by atomic mass is 32.2. The van der Waals surface area contributed by atoms with E-state index in [-0.39, 0.29) is 28.0 Å². The van der Waals surface area contributed by atoms with E-state index in [9.17, 15) is 37.9 Å². The molecule has 0 spiro atoms. The van der Waals surface area contributed by atoms with Crippen LogP contribution in [-0.4, -0.2) is 72.4 Å². The van der Waals surface area contributed by atoms with E-state index in [0.717, 1.165) is 40.8 Å². The van der Waals surface area contributed by atoms with Crippen molar-refractivity contribution in [2.45, 2.75) is 17.6 Å². The van der Waals surface area contributed by atoms with E-state index in [1.807, 2.05) is 0 Å². The van der Waals surface area contributed by atoms with Gasteiger partial charge in [0.05, 0.1) is 10.4 Å². The van der Waals surface area contributed by atoms with Crippen LogP contribution in [0.25, 0.3) is 6.08 Å². The summed E-state index contributed by atoms with van der Waals surface area (Å²) in [5, 5.41) is 25.3. The highest BCUT2D eigenvalue weighted by molar-refractivity contribution is 8.00. The highest BCUT2D eigenvalue weighted by Gasteiger charge is 2.57. The minimum atomic E-state index is -4.69. The molecule has 2 unspecified atom stereocenters. The average molecular weight is 549 g/mol. The molecule has 3 atom stereocenters. The predicted octanol–water partition coefficient (Wildman–Crippen LogP) is 1.56. The molecular formula is C18H15F3N6O5S3. The Hall–Kier alpha value is -3.18. The third-order valence-corrected chi connectivity index (χ3v) is 8.33. The van der Waals surface area contributed by atoms with Crippen LogP contribution in [0.2, 0.25) is 0 Å². The number of anilines is 1. The Bertz CT molecular complexity index is 1240. The number of alkyl halides is 3. The maximum absolute atomic E-state index is 13.1. The van der Waals surface area contributed by atoms with Crippen molar-refractivity contribution in [1.29, 1.82) is 0 Å². The number of β-lactam (4-membered cyclic amide) rings is 1. The number of carboxylic acids is 1. The van der Waals surface area contributed by atoms with Gasteiger partial charge in [0.2, 0.25) is 5.91 Å². The molecule has 2 amide bonds. The Kier molecular flexibility index (Phi) is 6.50. The second-order valence-electron chi connectivity index (χ2n) is 7.50. The predicted molar refractivity (Wildman–Crippen MR) is 121 cm³/mol. The topological polar surface area (TPSA) is 171 Å². The quantitative estimate of drug-likeness (QED) is 0.181. The van der Waals surface area contributed by atoms with Gasteiger partial charge in [0.1, 0.15) is 22.5 Å². The molecule has 4 rings (SSSR count). The van der Waals surface area contributed by atoms with Crippen molar-refractivity contribution in [3.63, 3.8) is 0 Å². The van der Waals surface area contributed by atoms with E-state index in [0.29, 0.717) is 11.3 Å². The first-order valence-corrected chi connectivity index (χ1v) is 12.4. The number of nitrogens with one attached hydrogen (secondary N) is 1. The molecule has 2 aliphatic heterocycles. The lowest BCUT2D eigenvalue weighted by Crippen LogP contribution is -2.73. The average Bonchev–Trinajstić information content (AvgIpc) is 3.45. The molecule has 0 saturated carbocycles. The van der Waals surface area contributed by atoms with Crippen molar-refractivity contribution in [1.82, 2.24) is 20.2 Å². The normalized spacial score (nSPS) is 24.8. The number of oxime groups is 1. The maximum Gasteiger partial charge on any atom is 0.434 e. The number of halogens is 3. The number of thioether (sulfide) groups is 1. The molecule has 2 fully saturated rings. The van der Waals surface area contributed by atoms with Gasteiger partial charge in [-0.25, -0.2) is 9.97 Å². The Labute approximate surface area is 206 Å². The zero-order valence-corrected chi connectivity index (χ0v) is 19.7. The van der Waals surface area contributed by atoms with Crippen LogP contribution >= 0.6 is 34.4 Å². The minimum absolute atomic E-state index is 0.0174. The van der Waals surface area contributed by atoms with Crippen molar-refractivity contribution < 1.29 is 37.9 Å². The Morgan fingerprint density at radius 2 is 2.11 bits per heavy atom. The van der Waals surface area contributed by atoms with Crippen molar-refractivity contribution in [3.05, 3.63) is 33.2 Å². The lowest BCUT2D eigenvalue weighted by atomic mass is 9.86. The summed E-state index contributed by atoms with van der Waals surface area (Å²) in [6.07, 6.45) is -2.49. The van der Waals surface area contributed by atoms with Gasteiger partial charge in [-0.05, 0) is 6.08 Å². The van der Waals surface area contributed by atoms with Gasteiger partial charge in [-0.1, -0.05) is 11.2 Å². The molecule has 2 aliphatic rings. The summed E-state index contributed by atoms with van der Waals surface area (Å²) < 4.78 is 39.2. The number of aliphatic carboxylic acids is 1. The van der Waals surface area contributed by atoms with Crippen LogP contribution in [0.1, 0.15) is 16.3 Å². The molecule has 35 heavy (non-hydrogen) atoms. The number of hydrogen-bond donors (Lipinski definition) is 4. The number of thiazole rings is 2. The molecule has 0 aliphatic carbocycles. The summed E-state index contributed by atoms with van der Waals surface area (Å²) in [7, 11) is 0. The van der Waals surface area contributed by atoms with Crippen LogP contribution in [-0.2, 0) is 20.6 Å². The molecule has 186 valence electrons. The van der Waals surface area contributed by atoms with Crippen LogP contribution in [0.4, 0.5) is 18.3 Å². The maximum atomic E-state index is 13.1. The van der Waals surface area contributed by atoms with E-state index in [1.165, 1.54) is 10.3 Å². The number of nitrogens with zero attached hydrogens (tertiary/aromatic N) is 4. The molecule has 11 nitrogen and oxygen atoms in total. The largest absolute Gasteiger partial charge is 0.481 e. The van der Waals surface area contributed by atoms with E-state index in [2.05, 4.69) is 20.4 Å². The fraction of sp³-hybridized carbons (Fsp3) is 0.333. The van der Waals surface area contributed by atoms with E-state index >= 15 is 0 Å². The van der Waals surface area contributed by atoms with E-state index in [1.54, 1.807) is 0 Å². The summed E-state index contributed by atoms with van der Waals surface area (Å²) in [4.78, 5) is 45.4. The van der Waals surface area contributed by atoms with Gasteiger partial charge in [0, 0.05) is 17.7 Å². The highest BCUT2D eigenvalue weighted by Crippen LogP contribution is 2.44. The fourth-order valence-corrected chi connectivity index (χ4v) is 6.30. The monoisotopic (exact) mass is 548 g/mol. The Balaban J connectivity index is 1.48. The van der Waals surface area contributed by atoms with Crippen molar-refractivity contribution >= 4 is 69.1 Å². The number of nitrogens with two attached hydrogens (primary N) is 1. The van der Waals surface area contributed by atoms with Crippen LogP contribution in [0.15, 0.2) is 22.1 Å². The van der Waals surface area contributed by atoms with Gasteiger partial charge < -0.3 is 26.3 Å². The van der Waals surface area contributed by atoms with Crippen molar-refractivity contribution in [2.75, 3.05) is 18.0 Å². The van der Waals surface area contributed by atoms with E-state index < -0.39 is 52.2 Å². The number of carbonyl (C=O) groups is 3. The standard InChI is InChI=1S/C18H15F3N6O5S3/c19-18(20,21)11-8(35-6-23-11)1-2-17(15(30)31)4-27-13(29)10(14(27)34-5-17)25-12(28)9(26-32)7-3-33-16(22)24-7/h1-3,6,10,14,32H,4-5H2,(H2,22,24)(H,25,28)(H,30,31)/t10?,14-,17?/m1/s1. The van der Waals surface area contributed by atoms with Crippen LogP contribution < -0.4 is 11.1 Å². The van der Waals surface area contributed by atoms with Crippen LogP contribution in [0.3, 0.4) is 0 Å². The molecule has 2 aromatic rings. The van der Waals surface area contributed by atoms with Crippen LogP contribution in [0.5, 0.6) is 0 Å². The second-order valence-corrected chi connectivity index (χ2v) is 10.4. The number of amides is 2. The van der Waals surface area contributed by atoms with Gasteiger partial charge in [0.15, 0.2) is 16.5 Å². The molecule has 17 heteroatoms. The molecule has 4 heterocycles. The summed E-state index contributed by atoms with van der Waals surface area (Å²) in [5.41, 5.74) is 3.34. The number of carbonyl (C=O) groups excluding carboxylic acids is 2. The molecule has 5 N–H and O–H groups in total. The number of carboxylic acid groups (broad SMARTS) is 1. The number of fused-ring (bicyclic) bond motifs is 1. The van der Waals surface area contributed by atoms with Gasteiger partial charge in [-0.15, -0.1) is 34.4 Å². The number of hydrogen-bond acceptors (Lipinski definition) is 11. The first kappa shape index (κ1) is 24.9. The number of rotatable bonds is 6. The van der Waals surface area contributed by atoms with E-state index in [4.69, 9.17) is 5.73 Å².